The Morgan fingerprint density at radius 3 is 2.65 bits per heavy atom. The molecular weight excluding hydrogens is 257 g/mol. The third-order valence-electron chi connectivity index (χ3n) is 3.27. The normalized spacial score (nSPS) is 11.3. The second-order valence-electron chi connectivity index (χ2n) is 5.16. The minimum Gasteiger partial charge on any atom is -0.339 e. The van der Waals surface area contributed by atoms with Crippen LogP contribution in [0.1, 0.15) is 44.0 Å². The molecule has 5 heteroatoms. The lowest BCUT2D eigenvalue weighted by atomic mass is 9.84. The van der Waals surface area contributed by atoms with Crippen LogP contribution in [0, 0.1) is 17.1 Å². The molecule has 0 aliphatic heterocycles. The van der Waals surface area contributed by atoms with E-state index in [1.54, 1.807) is 12.1 Å². The van der Waals surface area contributed by atoms with E-state index in [4.69, 9.17) is 9.78 Å². The summed E-state index contributed by atoms with van der Waals surface area (Å²) >= 11 is 0. The summed E-state index contributed by atoms with van der Waals surface area (Å²) in [5.41, 5.74) is 0.466. The summed E-state index contributed by atoms with van der Waals surface area (Å²) in [6, 6.07) is 8.37. The number of aryl methyl sites for hydroxylation is 1. The summed E-state index contributed by atoms with van der Waals surface area (Å²) in [7, 11) is 0. The van der Waals surface area contributed by atoms with Crippen LogP contribution in [0.15, 0.2) is 28.8 Å². The van der Waals surface area contributed by atoms with Crippen molar-refractivity contribution in [3.63, 3.8) is 0 Å². The van der Waals surface area contributed by atoms with Gasteiger partial charge in [0.1, 0.15) is 5.82 Å². The number of halogens is 1. The highest BCUT2D eigenvalue weighted by Crippen LogP contribution is 2.29. The van der Waals surface area contributed by atoms with Crippen molar-refractivity contribution in [1.82, 2.24) is 10.1 Å². The molecule has 0 saturated carbocycles. The average Bonchev–Trinajstić information content (AvgIpc) is 2.89. The van der Waals surface area contributed by atoms with E-state index in [1.165, 1.54) is 12.1 Å². The molecule has 0 bridgehead atoms. The first kappa shape index (κ1) is 14.2. The molecule has 0 saturated heterocycles. The minimum atomic E-state index is -0.454. The maximum absolute atomic E-state index is 13.0. The minimum absolute atomic E-state index is 0.269. The van der Waals surface area contributed by atoms with Crippen molar-refractivity contribution >= 4 is 0 Å². The van der Waals surface area contributed by atoms with Crippen molar-refractivity contribution in [2.45, 2.75) is 38.5 Å². The van der Waals surface area contributed by atoms with Crippen LogP contribution in [0.2, 0.25) is 0 Å². The molecule has 0 amide bonds. The average molecular weight is 273 g/mol. The van der Waals surface area contributed by atoms with E-state index >= 15 is 0 Å². The largest absolute Gasteiger partial charge is 0.339 e. The molecule has 1 aromatic heterocycles. The van der Waals surface area contributed by atoms with Crippen LogP contribution in [-0.4, -0.2) is 10.1 Å². The Balaban J connectivity index is 2.17. The van der Waals surface area contributed by atoms with Gasteiger partial charge in [0.05, 0.1) is 11.5 Å². The van der Waals surface area contributed by atoms with E-state index < -0.39 is 5.41 Å². The first-order valence-corrected chi connectivity index (χ1v) is 6.50. The molecular formula is C15H16FN3O. The number of hydrogen-bond acceptors (Lipinski definition) is 4. The molecule has 2 rings (SSSR count). The van der Waals surface area contributed by atoms with E-state index in [0.29, 0.717) is 31.0 Å². The molecule has 0 fully saturated rings. The first-order valence-electron chi connectivity index (χ1n) is 6.50. The number of hydrogen-bond donors (Lipinski definition) is 0. The molecule has 0 aliphatic carbocycles. The Kier molecular flexibility index (Phi) is 4.14. The molecule has 1 heterocycles. The van der Waals surface area contributed by atoms with E-state index in [0.717, 1.165) is 5.56 Å². The second-order valence-corrected chi connectivity index (χ2v) is 5.16. The van der Waals surface area contributed by atoms with Crippen LogP contribution in [0.3, 0.4) is 0 Å². The van der Waals surface area contributed by atoms with Crippen LogP contribution in [0.25, 0.3) is 0 Å². The molecule has 1 aromatic carbocycles. The molecule has 0 N–H and O–H groups in total. The van der Waals surface area contributed by atoms with Gasteiger partial charge >= 0.3 is 0 Å². The third kappa shape index (κ3) is 3.02. The molecule has 2 aromatic rings. The molecule has 104 valence electrons. The second kappa shape index (κ2) is 5.83. The fourth-order valence-corrected chi connectivity index (χ4v) is 1.92. The maximum Gasteiger partial charge on any atom is 0.226 e. The summed E-state index contributed by atoms with van der Waals surface area (Å²) < 4.78 is 18.2. The molecule has 0 spiro atoms. The lowest BCUT2D eigenvalue weighted by Crippen LogP contribution is -2.20. The Morgan fingerprint density at radius 2 is 2.00 bits per heavy atom. The van der Waals surface area contributed by atoms with E-state index in [9.17, 15) is 4.39 Å². The highest BCUT2D eigenvalue weighted by molar-refractivity contribution is 5.30. The lowest BCUT2D eigenvalue weighted by Gasteiger charge is -2.20. The van der Waals surface area contributed by atoms with Crippen molar-refractivity contribution in [1.29, 1.82) is 5.26 Å². The summed E-state index contributed by atoms with van der Waals surface area (Å²) in [6.45, 7) is 3.92. The molecule has 0 unspecified atom stereocenters. The summed E-state index contributed by atoms with van der Waals surface area (Å²) in [5.74, 6) is 0.830. The predicted octanol–water partition coefficient (Wildman–Crippen LogP) is 3.38. The lowest BCUT2D eigenvalue weighted by molar-refractivity contribution is 0.364. The summed E-state index contributed by atoms with van der Waals surface area (Å²) in [4.78, 5) is 4.37. The van der Waals surface area contributed by atoms with E-state index in [2.05, 4.69) is 16.2 Å². The summed E-state index contributed by atoms with van der Waals surface area (Å²) in [6.07, 6.45) is 1.77. The molecule has 20 heavy (non-hydrogen) atoms. The summed E-state index contributed by atoms with van der Waals surface area (Å²) in [5, 5.41) is 12.5. The molecule has 0 aliphatic rings. The number of benzene rings is 1. The van der Waals surface area contributed by atoms with Gasteiger partial charge in [-0.2, -0.15) is 10.2 Å². The van der Waals surface area contributed by atoms with Crippen LogP contribution in [0.4, 0.5) is 4.39 Å². The van der Waals surface area contributed by atoms with Crippen molar-refractivity contribution < 1.29 is 8.91 Å². The van der Waals surface area contributed by atoms with Crippen LogP contribution >= 0.6 is 0 Å². The van der Waals surface area contributed by atoms with Crippen molar-refractivity contribution in [2.75, 3.05) is 0 Å². The SMILES string of the molecule is CC(C)(c1ccc(F)cc1)c1noc(CCCC#N)n1. The van der Waals surface area contributed by atoms with Gasteiger partial charge in [-0.05, 0) is 38.0 Å². The van der Waals surface area contributed by atoms with Gasteiger partial charge in [-0.1, -0.05) is 17.3 Å². The Hall–Kier alpha value is -2.22. The van der Waals surface area contributed by atoms with Crippen molar-refractivity contribution in [3.8, 4) is 6.07 Å². The van der Waals surface area contributed by atoms with Gasteiger partial charge in [-0.3, -0.25) is 0 Å². The molecule has 0 radical (unpaired) electrons. The topological polar surface area (TPSA) is 62.7 Å². The monoisotopic (exact) mass is 273 g/mol. The van der Waals surface area contributed by atoms with Gasteiger partial charge in [-0.15, -0.1) is 0 Å². The predicted molar refractivity (Wildman–Crippen MR) is 71.4 cm³/mol. The first-order chi connectivity index (χ1) is 9.54. The van der Waals surface area contributed by atoms with Crippen LogP contribution in [0.5, 0.6) is 0 Å². The maximum atomic E-state index is 13.0. The van der Waals surface area contributed by atoms with Crippen LogP contribution < -0.4 is 0 Å². The van der Waals surface area contributed by atoms with Gasteiger partial charge in [0.25, 0.3) is 0 Å². The number of aromatic nitrogens is 2. The zero-order valence-electron chi connectivity index (χ0n) is 11.6. The fraction of sp³-hybridized carbons (Fsp3) is 0.400. The highest BCUT2D eigenvalue weighted by atomic mass is 19.1. The van der Waals surface area contributed by atoms with Crippen LogP contribution in [-0.2, 0) is 11.8 Å². The smallest absolute Gasteiger partial charge is 0.226 e. The van der Waals surface area contributed by atoms with E-state index in [1.807, 2.05) is 13.8 Å². The van der Waals surface area contributed by atoms with Gasteiger partial charge in [0.15, 0.2) is 5.82 Å². The molecule has 4 nitrogen and oxygen atoms in total. The zero-order chi connectivity index (χ0) is 14.6. The molecule has 0 atom stereocenters. The standard InChI is InChI=1S/C15H16FN3O/c1-15(2,11-6-8-12(16)9-7-11)14-18-13(20-19-14)5-3-4-10-17/h6-9H,3-5H2,1-2H3. The van der Waals surface area contributed by atoms with Gasteiger partial charge < -0.3 is 4.52 Å². The number of nitrogens with zero attached hydrogens (tertiary/aromatic N) is 3. The number of rotatable bonds is 5. The van der Waals surface area contributed by atoms with Gasteiger partial charge in [0, 0.05) is 12.8 Å². The zero-order valence-corrected chi connectivity index (χ0v) is 11.6. The van der Waals surface area contributed by atoms with Gasteiger partial charge in [-0.25, -0.2) is 4.39 Å². The Bertz CT molecular complexity index is 611. The van der Waals surface area contributed by atoms with Crippen molar-refractivity contribution in [2.24, 2.45) is 0 Å². The Morgan fingerprint density at radius 1 is 1.30 bits per heavy atom. The number of unbranched alkanes of at least 4 members (excludes halogenated alkanes) is 1. The quantitative estimate of drug-likeness (QED) is 0.783. The van der Waals surface area contributed by atoms with Crippen molar-refractivity contribution in [3.05, 3.63) is 47.4 Å². The van der Waals surface area contributed by atoms with E-state index in [-0.39, 0.29) is 5.82 Å². The highest BCUT2D eigenvalue weighted by Gasteiger charge is 2.28. The third-order valence-corrected chi connectivity index (χ3v) is 3.27. The number of nitriles is 1. The van der Waals surface area contributed by atoms with Gasteiger partial charge in [0.2, 0.25) is 5.89 Å². The Labute approximate surface area is 117 Å². The fourth-order valence-electron chi connectivity index (χ4n) is 1.92.